The zero-order valence-corrected chi connectivity index (χ0v) is 10.1. The third-order valence-electron chi connectivity index (χ3n) is 2.18. The summed E-state index contributed by atoms with van der Waals surface area (Å²) in [6.45, 7) is 5.32. The normalized spacial score (nSPS) is 10.3. The van der Waals surface area contributed by atoms with Crippen molar-refractivity contribution >= 4 is 5.97 Å². The molecule has 0 bridgehead atoms. The Morgan fingerprint density at radius 1 is 0.933 bits per heavy atom. The molecule has 0 spiro atoms. The Morgan fingerprint density at radius 3 is 2.27 bits per heavy atom. The lowest BCUT2D eigenvalue weighted by Crippen LogP contribution is -2.08. The van der Waals surface area contributed by atoms with Crippen molar-refractivity contribution in [2.45, 2.75) is 52.4 Å². The molecule has 0 aliphatic carbocycles. The van der Waals surface area contributed by atoms with Gasteiger partial charge >= 0.3 is 5.97 Å². The molecule has 0 aliphatic rings. The highest BCUT2D eigenvalue weighted by Crippen LogP contribution is 2.04. The summed E-state index contributed by atoms with van der Waals surface area (Å²) in [6, 6.07) is 0. The summed E-state index contributed by atoms with van der Waals surface area (Å²) in [6.07, 6.45) is 7.63. The third kappa shape index (κ3) is 13.4. The summed E-state index contributed by atoms with van der Waals surface area (Å²) in [5.74, 6) is -0.238. The highest BCUT2D eigenvalue weighted by molar-refractivity contribution is 5.65. The highest BCUT2D eigenvalue weighted by Gasteiger charge is 1.93. The molecule has 0 aliphatic heterocycles. The van der Waals surface area contributed by atoms with Crippen LogP contribution in [-0.4, -0.2) is 25.8 Å². The fourth-order valence-corrected chi connectivity index (χ4v) is 1.33. The van der Waals surface area contributed by atoms with Gasteiger partial charge in [0, 0.05) is 13.5 Å². The minimum atomic E-state index is -0.238. The van der Waals surface area contributed by atoms with Crippen LogP contribution in [0.5, 0.6) is 0 Å². The van der Waals surface area contributed by atoms with Gasteiger partial charge in [-0.1, -0.05) is 39.0 Å². The van der Waals surface area contributed by atoms with Gasteiger partial charge in [0.25, 0.3) is 0 Å². The third-order valence-corrected chi connectivity index (χ3v) is 2.18. The molecule has 3 heteroatoms. The molecule has 0 aromatic heterocycles. The molecule has 0 saturated heterocycles. The van der Waals surface area contributed by atoms with E-state index in [1.165, 1.54) is 39.0 Å². The van der Waals surface area contributed by atoms with E-state index in [1.54, 1.807) is 0 Å². The Kier molecular flexibility index (Phi) is 11.1. The van der Waals surface area contributed by atoms with Gasteiger partial charge in [-0.05, 0) is 6.42 Å². The van der Waals surface area contributed by atoms with Crippen molar-refractivity contribution in [2.75, 3.05) is 19.8 Å². The maximum Gasteiger partial charge on any atom is 0.302 e. The van der Waals surface area contributed by atoms with Crippen molar-refractivity contribution in [1.29, 1.82) is 0 Å². The summed E-state index contributed by atoms with van der Waals surface area (Å²) >= 11 is 0. The SMILES string of the molecule is CCCCCCCCOCCOC(C)=O. The molecular formula is C12H24O3. The van der Waals surface area contributed by atoms with Crippen molar-refractivity contribution < 1.29 is 14.3 Å². The first-order valence-electron chi connectivity index (χ1n) is 5.98. The molecule has 0 fully saturated rings. The van der Waals surface area contributed by atoms with Crippen LogP contribution in [0, 0.1) is 0 Å². The number of hydrogen-bond donors (Lipinski definition) is 0. The zero-order chi connectivity index (χ0) is 11.4. The Bertz CT molecular complexity index is 146. The van der Waals surface area contributed by atoms with Crippen molar-refractivity contribution in [1.82, 2.24) is 0 Å². The lowest BCUT2D eigenvalue weighted by atomic mass is 10.1. The van der Waals surface area contributed by atoms with E-state index in [0.29, 0.717) is 13.2 Å². The molecule has 15 heavy (non-hydrogen) atoms. The fourth-order valence-electron chi connectivity index (χ4n) is 1.33. The maximum absolute atomic E-state index is 10.4. The highest BCUT2D eigenvalue weighted by atomic mass is 16.6. The van der Waals surface area contributed by atoms with Gasteiger partial charge in [0.05, 0.1) is 6.61 Å². The van der Waals surface area contributed by atoms with Gasteiger partial charge in [-0.2, -0.15) is 0 Å². The first kappa shape index (κ1) is 14.4. The van der Waals surface area contributed by atoms with E-state index in [9.17, 15) is 4.79 Å². The first-order valence-corrected chi connectivity index (χ1v) is 5.98. The van der Waals surface area contributed by atoms with Crippen molar-refractivity contribution in [2.24, 2.45) is 0 Å². The molecular weight excluding hydrogens is 192 g/mol. The smallest absolute Gasteiger partial charge is 0.302 e. The molecule has 0 atom stereocenters. The van der Waals surface area contributed by atoms with Crippen LogP contribution in [0.15, 0.2) is 0 Å². The second-order valence-electron chi connectivity index (χ2n) is 3.72. The summed E-state index contributed by atoms with van der Waals surface area (Å²) in [7, 11) is 0. The van der Waals surface area contributed by atoms with Gasteiger partial charge in [-0.25, -0.2) is 0 Å². The predicted molar refractivity (Wildman–Crippen MR) is 60.8 cm³/mol. The van der Waals surface area contributed by atoms with Gasteiger partial charge in [-0.3, -0.25) is 4.79 Å². The largest absolute Gasteiger partial charge is 0.463 e. The van der Waals surface area contributed by atoms with Crippen LogP contribution in [0.2, 0.25) is 0 Å². The van der Waals surface area contributed by atoms with E-state index in [1.807, 2.05) is 0 Å². The topological polar surface area (TPSA) is 35.5 Å². The van der Waals surface area contributed by atoms with Crippen LogP contribution >= 0.6 is 0 Å². The Hall–Kier alpha value is -0.570. The molecule has 0 amide bonds. The van der Waals surface area contributed by atoms with Crippen molar-refractivity contribution in [3.8, 4) is 0 Å². The van der Waals surface area contributed by atoms with Crippen LogP contribution in [0.4, 0.5) is 0 Å². The van der Waals surface area contributed by atoms with E-state index in [4.69, 9.17) is 9.47 Å². The molecule has 0 rings (SSSR count). The van der Waals surface area contributed by atoms with E-state index in [0.717, 1.165) is 13.0 Å². The minimum Gasteiger partial charge on any atom is -0.463 e. The quantitative estimate of drug-likeness (QED) is 0.416. The molecule has 0 saturated carbocycles. The number of rotatable bonds is 10. The molecule has 0 radical (unpaired) electrons. The van der Waals surface area contributed by atoms with Crippen molar-refractivity contribution in [3.05, 3.63) is 0 Å². The van der Waals surface area contributed by atoms with Crippen LogP contribution in [0.3, 0.4) is 0 Å². The van der Waals surface area contributed by atoms with E-state index >= 15 is 0 Å². The molecule has 0 aromatic carbocycles. The second-order valence-corrected chi connectivity index (χ2v) is 3.72. The molecule has 0 unspecified atom stereocenters. The average Bonchev–Trinajstić information content (AvgIpc) is 2.20. The number of hydrogen-bond acceptors (Lipinski definition) is 3. The predicted octanol–water partition coefficient (Wildman–Crippen LogP) is 2.93. The Morgan fingerprint density at radius 2 is 1.60 bits per heavy atom. The summed E-state index contributed by atoms with van der Waals surface area (Å²) < 4.78 is 10.1. The lowest BCUT2D eigenvalue weighted by Gasteiger charge is -2.04. The zero-order valence-electron chi connectivity index (χ0n) is 10.1. The molecule has 0 aromatic rings. The second kappa shape index (κ2) is 11.5. The van der Waals surface area contributed by atoms with E-state index < -0.39 is 0 Å². The fraction of sp³-hybridized carbons (Fsp3) is 0.917. The standard InChI is InChI=1S/C12H24O3/c1-3-4-5-6-7-8-9-14-10-11-15-12(2)13/h3-11H2,1-2H3. The van der Waals surface area contributed by atoms with E-state index in [2.05, 4.69) is 6.92 Å². The first-order chi connectivity index (χ1) is 7.27. The number of unbranched alkanes of at least 4 members (excludes halogenated alkanes) is 5. The van der Waals surface area contributed by atoms with Gasteiger partial charge in [-0.15, -0.1) is 0 Å². The molecule has 0 heterocycles. The molecule has 90 valence electrons. The summed E-state index contributed by atoms with van der Waals surface area (Å²) in [4.78, 5) is 10.4. The van der Waals surface area contributed by atoms with Crippen molar-refractivity contribution in [3.63, 3.8) is 0 Å². The Balaban J connectivity index is 2.89. The number of carbonyl (C=O) groups is 1. The monoisotopic (exact) mass is 216 g/mol. The Labute approximate surface area is 93.1 Å². The number of ether oxygens (including phenoxy) is 2. The average molecular weight is 216 g/mol. The molecule has 0 N–H and O–H groups in total. The molecule has 3 nitrogen and oxygen atoms in total. The van der Waals surface area contributed by atoms with Gasteiger partial charge < -0.3 is 9.47 Å². The van der Waals surface area contributed by atoms with Crippen LogP contribution < -0.4 is 0 Å². The lowest BCUT2D eigenvalue weighted by molar-refractivity contribution is -0.142. The summed E-state index contributed by atoms with van der Waals surface area (Å²) in [5.41, 5.74) is 0. The number of esters is 1. The van der Waals surface area contributed by atoms with Gasteiger partial charge in [0.15, 0.2) is 0 Å². The van der Waals surface area contributed by atoms with Crippen LogP contribution in [0.25, 0.3) is 0 Å². The summed E-state index contributed by atoms with van der Waals surface area (Å²) in [5, 5.41) is 0. The maximum atomic E-state index is 10.4. The van der Waals surface area contributed by atoms with E-state index in [-0.39, 0.29) is 5.97 Å². The van der Waals surface area contributed by atoms with Crippen LogP contribution in [0.1, 0.15) is 52.4 Å². The van der Waals surface area contributed by atoms with Crippen LogP contribution in [-0.2, 0) is 14.3 Å². The minimum absolute atomic E-state index is 0.238. The van der Waals surface area contributed by atoms with Gasteiger partial charge in [0.2, 0.25) is 0 Å². The number of carbonyl (C=O) groups excluding carboxylic acids is 1. The van der Waals surface area contributed by atoms with Gasteiger partial charge in [0.1, 0.15) is 6.61 Å².